The summed E-state index contributed by atoms with van der Waals surface area (Å²) in [6.07, 6.45) is 1.15. The zero-order valence-corrected chi connectivity index (χ0v) is 17.1. The summed E-state index contributed by atoms with van der Waals surface area (Å²) in [6, 6.07) is 15.2. The minimum absolute atomic E-state index is 0.201. The summed E-state index contributed by atoms with van der Waals surface area (Å²) in [5.74, 6) is 1.59. The molecule has 0 aliphatic carbocycles. The molecule has 2 aromatic carbocycles. The Balaban J connectivity index is 2.00. The number of ether oxygens (including phenoxy) is 2. The Morgan fingerprint density at radius 3 is 2.54 bits per heavy atom. The van der Waals surface area contributed by atoms with Gasteiger partial charge in [-0.05, 0) is 55.3 Å². The molecule has 1 unspecified atom stereocenters. The van der Waals surface area contributed by atoms with Crippen LogP contribution in [-0.2, 0) is 0 Å². The average Bonchev–Trinajstić information content (AvgIpc) is 2.94. The van der Waals surface area contributed by atoms with Crippen LogP contribution in [0.15, 0.2) is 46.9 Å². The lowest BCUT2D eigenvalue weighted by Gasteiger charge is -2.31. The number of rotatable bonds is 6. The van der Waals surface area contributed by atoms with E-state index in [1.807, 2.05) is 13.0 Å². The van der Waals surface area contributed by atoms with Gasteiger partial charge in [-0.1, -0.05) is 34.1 Å². The molecular weight excluding hydrogens is 392 g/mol. The SMILES string of the molecule is CCOc1ccc(C(c2ccc(Br)cc2)N2CCCNCC2)cc1OC. The van der Waals surface area contributed by atoms with Gasteiger partial charge in [0.15, 0.2) is 11.5 Å². The van der Waals surface area contributed by atoms with E-state index in [1.54, 1.807) is 7.11 Å². The lowest BCUT2D eigenvalue weighted by molar-refractivity contribution is 0.240. The highest BCUT2D eigenvalue weighted by molar-refractivity contribution is 9.10. The topological polar surface area (TPSA) is 33.7 Å². The fraction of sp³-hybridized carbons (Fsp3) is 0.429. The van der Waals surface area contributed by atoms with Crippen LogP contribution in [0.4, 0.5) is 0 Å². The maximum Gasteiger partial charge on any atom is 0.161 e. The Labute approximate surface area is 164 Å². The van der Waals surface area contributed by atoms with Crippen LogP contribution in [0.5, 0.6) is 11.5 Å². The standard InChI is InChI=1S/C21H27BrN2O2/c1-3-26-19-10-7-17(15-20(19)25-2)21(16-5-8-18(22)9-6-16)24-13-4-11-23-12-14-24/h5-10,15,21,23H,3-4,11-14H2,1-2H3. The summed E-state index contributed by atoms with van der Waals surface area (Å²) in [4.78, 5) is 2.55. The molecule has 1 fully saturated rings. The number of nitrogens with one attached hydrogen (secondary N) is 1. The van der Waals surface area contributed by atoms with Gasteiger partial charge in [0.25, 0.3) is 0 Å². The van der Waals surface area contributed by atoms with Crippen molar-refractivity contribution in [2.24, 2.45) is 0 Å². The highest BCUT2D eigenvalue weighted by atomic mass is 79.9. The van der Waals surface area contributed by atoms with Crippen LogP contribution in [0.2, 0.25) is 0 Å². The maximum atomic E-state index is 5.69. The van der Waals surface area contributed by atoms with Gasteiger partial charge in [-0.3, -0.25) is 4.90 Å². The second-order valence-corrected chi connectivity index (χ2v) is 7.35. The summed E-state index contributed by atoms with van der Waals surface area (Å²) < 4.78 is 12.4. The summed E-state index contributed by atoms with van der Waals surface area (Å²) in [5, 5.41) is 3.50. The summed E-state index contributed by atoms with van der Waals surface area (Å²) in [5.41, 5.74) is 2.52. The van der Waals surface area contributed by atoms with Crippen molar-refractivity contribution < 1.29 is 9.47 Å². The van der Waals surface area contributed by atoms with Crippen LogP contribution >= 0.6 is 15.9 Å². The lowest BCUT2D eigenvalue weighted by Crippen LogP contribution is -2.33. The number of nitrogens with zero attached hydrogens (tertiary/aromatic N) is 1. The molecule has 3 rings (SSSR count). The van der Waals surface area contributed by atoms with Crippen LogP contribution in [0.1, 0.15) is 30.5 Å². The molecule has 26 heavy (non-hydrogen) atoms. The van der Waals surface area contributed by atoms with Crippen molar-refractivity contribution in [3.8, 4) is 11.5 Å². The predicted molar refractivity (Wildman–Crippen MR) is 109 cm³/mol. The van der Waals surface area contributed by atoms with E-state index < -0.39 is 0 Å². The zero-order valence-electron chi connectivity index (χ0n) is 15.5. The van der Waals surface area contributed by atoms with Gasteiger partial charge in [-0.2, -0.15) is 0 Å². The van der Waals surface area contributed by atoms with Crippen LogP contribution in [0.3, 0.4) is 0 Å². The third-order valence-electron chi connectivity index (χ3n) is 4.73. The molecule has 1 heterocycles. The molecule has 4 nitrogen and oxygen atoms in total. The Morgan fingerprint density at radius 2 is 1.81 bits per heavy atom. The molecular formula is C21H27BrN2O2. The Morgan fingerprint density at radius 1 is 1.04 bits per heavy atom. The second-order valence-electron chi connectivity index (χ2n) is 6.44. The highest BCUT2D eigenvalue weighted by Crippen LogP contribution is 2.36. The second kappa shape index (κ2) is 9.40. The Kier molecular flexibility index (Phi) is 6.94. The highest BCUT2D eigenvalue weighted by Gasteiger charge is 2.24. The third-order valence-corrected chi connectivity index (χ3v) is 5.26. The quantitative estimate of drug-likeness (QED) is 0.760. The van der Waals surface area contributed by atoms with Crippen LogP contribution < -0.4 is 14.8 Å². The van der Waals surface area contributed by atoms with Gasteiger partial charge in [0.2, 0.25) is 0 Å². The molecule has 0 saturated carbocycles. The van der Waals surface area contributed by atoms with E-state index in [-0.39, 0.29) is 6.04 Å². The van der Waals surface area contributed by atoms with Crippen molar-refractivity contribution in [2.75, 3.05) is 39.9 Å². The monoisotopic (exact) mass is 418 g/mol. The first-order valence-corrected chi connectivity index (χ1v) is 10.0. The first kappa shape index (κ1) is 19.2. The van der Waals surface area contributed by atoms with Gasteiger partial charge >= 0.3 is 0 Å². The largest absolute Gasteiger partial charge is 0.493 e. The van der Waals surface area contributed by atoms with E-state index in [1.165, 1.54) is 11.1 Å². The molecule has 1 saturated heterocycles. The van der Waals surface area contributed by atoms with E-state index in [9.17, 15) is 0 Å². The number of halogens is 1. The molecule has 1 atom stereocenters. The maximum absolute atomic E-state index is 5.69. The summed E-state index contributed by atoms with van der Waals surface area (Å²) in [7, 11) is 1.70. The van der Waals surface area contributed by atoms with E-state index in [4.69, 9.17) is 9.47 Å². The normalized spacial score (nSPS) is 16.7. The summed E-state index contributed by atoms with van der Waals surface area (Å²) in [6.45, 7) is 6.81. The average molecular weight is 419 g/mol. The van der Waals surface area contributed by atoms with E-state index in [0.29, 0.717) is 6.61 Å². The molecule has 0 aromatic heterocycles. The van der Waals surface area contributed by atoms with Gasteiger partial charge in [0.05, 0.1) is 19.8 Å². The fourth-order valence-electron chi connectivity index (χ4n) is 3.51. The number of methoxy groups -OCH3 is 1. The van der Waals surface area contributed by atoms with Crippen molar-refractivity contribution in [1.29, 1.82) is 0 Å². The van der Waals surface area contributed by atoms with Gasteiger partial charge in [-0.25, -0.2) is 0 Å². The van der Waals surface area contributed by atoms with E-state index >= 15 is 0 Å². The van der Waals surface area contributed by atoms with Gasteiger partial charge in [0.1, 0.15) is 0 Å². The molecule has 1 N–H and O–H groups in total. The van der Waals surface area contributed by atoms with Gasteiger partial charge in [-0.15, -0.1) is 0 Å². The molecule has 1 aliphatic rings. The fourth-order valence-corrected chi connectivity index (χ4v) is 3.78. The molecule has 0 amide bonds. The van der Waals surface area contributed by atoms with Crippen molar-refractivity contribution in [2.45, 2.75) is 19.4 Å². The van der Waals surface area contributed by atoms with Crippen molar-refractivity contribution in [3.63, 3.8) is 0 Å². The minimum atomic E-state index is 0.201. The zero-order chi connectivity index (χ0) is 18.4. The molecule has 1 aliphatic heterocycles. The minimum Gasteiger partial charge on any atom is -0.493 e. The third kappa shape index (κ3) is 4.58. The first-order valence-electron chi connectivity index (χ1n) is 9.24. The number of hydrogen-bond donors (Lipinski definition) is 1. The molecule has 0 radical (unpaired) electrons. The molecule has 140 valence electrons. The van der Waals surface area contributed by atoms with Crippen molar-refractivity contribution in [1.82, 2.24) is 10.2 Å². The smallest absolute Gasteiger partial charge is 0.161 e. The Hall–Kier alpha value is -1.56. The number of hydrogen-bond acceptors (Lipinski definition) is 4. The van der Waals surface area contributed by atoms with Crippen LogP contribution in [0.25, 0.3) is 0 Å². The van der Waals surface area contributed by atoms with Crippen molar-refractivity contribution in [3.05, 3.63) is 58.1 Å². The van der Waals surface area contributed by atoms with Crippen LogP contribution in [0, 0.1) is 0 Å². The van der Waals surface area contributed by atoms with E-state index in [0.717, 1.165) is 48.6 Å². The number of benzene rings is 2. The first-order chi connectivity index (χ1) is 12.7. The van der Waals surface area contributed by atoms with Crippen molar-refractivity contribution >= 4 is 15.9 Å². The van der Waals surface area contributed by atoms with Gasteiger partial charge < -0.3 is 14.8 Å². The predicted octanol–water partition coefficient (Wildman–Crippen LogP) is 4.24. The van der Waals surface area contributed by atoms with Crippen LogP contribution in [-0.4, -0.2) is 44.8 Å². The molecule has 2 aromatic rings. The van der Waals surface area contributed by atoms with Gasteiger partial charge in [0, 0.05) is 24.1 Å². The molecule has 5 heteroatoms. The lowest BCUT2D eigenvalue weighted by atomic mass is 9.96. The summed E-state index contributed by atoms with van der Waals surface area (Å²) >= 11 is 3.55. The molecule has 0 bridgehead atoms. The Bertz CT molecular complexity index is 698. The molecule has 0 spiro atoms. The van der Waals surface area contributed by atoms with E-state index in [2.05, 4.69) is 62.5 Å².